The van der Waals surface area contributed by atoms with E-state index in [1.165, 1.54) is 30.6 Å². The molecule has 3 aromatic rings. The van der Waals surface area contributed by atoms with Gasteiger partial charge < -0.3 is 5.32 Å². The van der Waals surface area contributed by atoms with Gasteiger partial charge in [-0.2, -0.15) is 0 Å². The Morgan fingerprint density at radius 2 is 1.76 bits per heavy atom. The van der Waals surface area contributed by atoms with E-state index in [2.05, 4.69) is 15.3 Å². The molecule has 25 heavy (non-hydrogen) atoms. The lowest BCUT2D eigenvalue weighted by Gasteiger charge is -2.06. The standard InChI is InChI=1S/C18H14N4O3/c1-12-9-14(7-8-16(12)22(24)25)18(23)21-15-10-19-17(20-11-15)13-5-3-2-4-6-13/h2-11H,1H3,(H,21,23). The summed E-state index contributed by atoms with van der Waals surface area (Å²) in [5, 5.41) is 13.5. The molecule has 0 atom stereocenters. The van der Waals surface area contributed by atoms with E-state index < -0.39 is 4.92 Å². The van der Waals surface area contributed by atoms with Gasteiger partial charge in [0.1, 0.15) is 0 Å². The first-order chi connectivity index (χ1) is 12.0. The van der Waals surface area contributed by atoms with E-state index in [0.717, 1.165) is 5.56 Å². The third kappa shape index (κ3) is 3.66. The third-order valence-electron chi connectivity index (χ3n) is 3.60. The molecule has 2 aromatic carbocycles. The van der Waals surface area contributed by atoms with Gasteiger partial charge in [0.25, 0.3) is 11.6 Å². The molecule has 1 amide bonds. The number of nitro groups is 1. The molecule has 0 unspecified atom stereocenters. The van der Waals surface area contributed by atoms with E-state index in [0.29, 0.717) is 22.6 Å². The Bertz CT molecular complexity index is 925. The molecule has 0 spiro atoms. The Hall–Kier alpha value is -3.61. The Morgan fingerprint density at radius 3 is 2.36 bits per heavy atom. The summed E-state index contributed by atoms with van der Waals surface area (Å²) in [4.78, 5) is 31.1. The normalized spacial score (nSPS) is 10.3. The van der Waals surface area contributed by atoms with Crippen LogP contribution in [0.4, 0.5) is 11.4 Å². The molecule has 0 radical (unpaired) electrons. The topological polar surface area (TPSA) is 98.0 Å². The highest BCUT2D eigenvalue weighted by Gasteiger charge is 2.14. The van der Waals surface area contributed by atoms with Crippen LogP contribution in [0.3, 0.4) is 0 Å². The molecule has 1 heterocycles. The molecule has 0 aliphatic rings. The molecule has 3 rings (SSSR count). The lowest BCUT2D eigenvalue weighted by atomic mass is 10.1. The summed E-state index contributed by atoms with van der Waals surface area (Å²) in [6.07, 6.45) is 3.04. The zero-order valence-electron chi connectivity index (χ0n) is 13.3. The molecule has 7 nitrogen and oxygen atoms in total. The Morgan fingerprint density at radius 1 is 1.08 bits per heavy atom. The molecular weight excluding hydrogens is 320 g/mol. The number of rotatable bonds is 4. The maximum Gasteiger partial charge on any atom is 0.272 e. The number of benzene rings is 2. The second-order valence-electron chi connectivity index (χ2n) is 5.37. The third-order valence-corrected chi connectivity index (χ3v) is 3.60. The summed E-state index contributed by atoms with van der Waals surface area (Å²) >= 11 is 0. The highest BCUT2D eigenvalue weighted by atomic mass is 16.6. The minimum Gasteiger partial charge on any atom is -0.319 e. The maximum absolute atomic E-state index is 12.3. The zero-order valence-corrected chi connectivity index (χ0v) is 13.3. The number of aryl methyl sites for hydroxylation is 1. The van der Waals surface area contributed by atoms with Crippen LogP contribution in [0.25, 0.3) is 11.4 Å². The van der Waals surface area contributed by atoms with Gasteiger partial charge in [0.15, 0.2) is 5.82 Å². The van der Waals surface area contributed by atoms with Crippen LogP contribution < -0.4 is 5.32 Å². The minimum atomic E-state index is -0.479. The minimum absolute atomic E-state index is 0.0212. The lowest BCUT2D eigenvalue weighted by molar-refractivity contribution is -0.385. The molecule has 0 saturated heterocycles. The van der Waals surface area contributed by atoms with Crippen LogP contribution in [0.2, 0.25) is 0 Å². The van der Waals surface area contributed by atoms with Crippen molar-refractivity contribution in [1.29, 1.82) is 0 Å². The highest BCUT2D eigenvalue weighted by molar-refractivity contribution is 6.04. The van der Waals surface area contributed by atoms with E-state index in [1.807, 2.05) is 30.3 Å². The second-order valence-corrected chi connectivity index (χ2v) is 5.37. The van der Waals surface area contributed by atoms with Gasteiger partial charge in [-0.25, -0.2) is 9.97 Å². The van der Waals surface area contributed by atoms with Crippen molar-refractivity contribution in [2.75, 3.05) is 5.32 Å². The van der Waals surface area contributed by atoms with Crippen LogP contribution in [0.5, 0.6) is 0 Å². The number of hydrogen-bond acceptors (Lipinski definition) is 5. The number of carbonyl (C=O) groups excluding carboxylic acids is 1. The maximum atomic E-state index is 12.3. The quantitative estimate of drug-likeness (QED) is 0.580. The molecule has 7 heteroatoms. The summed E-state index contributed by atoms with van der Waals surface area (Å²) in [6, 6.07) is 13.7. The van der Waals surface area contributed by atoms with Crippen molar-refractivity contribution < 1.29 is 9.72 Å². The second kappa shape index (κ2) is 6.88. The molecule has 1 aromatic heterocycles. The van der Waals surface area contributed by atoms with Crippen LogP contribution in [-0.2, 0) is 0 Å². The number of nitrogens with one attached hydrogen (secondary N) is 1. The molecule has 0 aliphatic carbocycles. The van der Waals surface area contributed by atoms with Crippen molar-refractivity contribution in [3.63, 3.8) is 0 Å². The Labute approximate surface area is 143 Å². The van der Waals surface area contributed by atoms with Crippen LogP contribution in [0.15, 0.2) is 60.9 Å². The van der Waals surface area contributed by atoms with Crippen molar-refractivity contribution in [3.05, 3.63) is 82.2 Å². The van der Waals surface area contributed by atoms with Crippen molar-refractivity contribution in [2.45, 2.75) is 6.92 Å². The zero-order chi connectivity index (χ0) is 17.8. The van der Waals surface area contributed by atoms with Gasteiger partial charge in [-0.05, 0) is 19.1 Å². The summed E-state index contributed by atoms with van der Waals surface area (Å²) in [6.45, 7) is 1.59. The van der Waals surface area contributed by atoms with Crippen LogP contribution in [-0.4, -0.2) is 20.8 Å². The molecule has 1 N–H and O–H groups in total. The van der Waals surface area contributed by atoms with Crippen molar-refractivity contribution in [1.82, 2.24) is 9.97 Å². The molecule has 0 bridgehead atoms. The number of hydrogen-bond donors (Lipinski definition) is 1. The summed E-state index contributed by atoms with van der Waals surface area (Å²) < 4.78 is 0. The van der Waals surface area contributed by atoms with Crippen molar-refractivity contribution in [2.24, 2.45) is 0 Å². The lowest BCUT2D eigenvalue weighted by Crippen LogP contribution is -2.12. The summed E-state index contributed by atoms with van der Waals surface area (Å²) in [5.74, 6) is 0.179. The first-order valence-corrected chi connectivity index (χ1v) is 7.48. The van der Waals surface area contributed by atoms with E-state index >= 15 is 0 Å². The van der Waals surface area contributed by atoms with Gasteiger partial charge in [0, 0.05) is 22.8 Å². The number of aromatic nitrogens is 2. The van der Waals surface area contributed by atoms with E-state index in [9.17, 15) is 14.9 Å². The predicted molar refractivity (Wildman–Crippen MR) is 93.3 cm³/mol. The van der Waals surface area contributed by atoms with Gasteiger partial charge in [0.05, 0.1) is 23.0 Å². The van der Waals surface area contributed by atoms with Crippen molar-refractivity contribution >= 4 is 17.3 Å². The summed E-state index contributed by atoms with van der Waals surface area (Å²) in [7, 11) is 0. The SMILES string of the molecule is Cc1cc(C(=O)Nc2cnc(-c3ccccc3)nc2)ccc1[N+](=O)[O-]. The highest BCUT2D eigenvalue weighted by Crippen LogP contribution is 2.20. The number of nitro benzene ring substituents is 1. The van der Waals surface area contributed by atoms with Gasteiger partial charge in [0.2, 0.25) is 0 Å². The van der Waals surface area contributed by atoms with E-state index in [-0.39, 0.29) is 11.6 Å². The fourth-order valence-electron chi connectivity index (χ4n) is 2.33. The fourth-order valence-corrected chi connectivity index (χ4v) is 2.33. The van der Waals surface area contributed by atoms with Gasteiger partial charge >= 0.3 is 0 Å². The number of carbonyl (C=O) groups is 1. The van der Waals surface area contributed by atoms with Crippen LogP contribution in [0.1, 0.15) is 15.9 Å². The average Bonchev–Trinajstić information content (AvgIpc) is 2.62. The monoisotopic (exact) mass is 334 g/mol. The van der Waals surface area contributed by atoms with Gasteiger partial charge in [-0.15, -0.1) is 0 Å². The molecule has 0 saturated carbocycles. The van der Waals surface area contributed by atoms with Crippen LogP contribution in [0, 0.1) is 17.0 Å². The Balaban J connectivity index is 1.75. The van der Waals surface area contributed by atoms with Crippen molar-refractivity contribution in [3.8, 4) is 11.4 Å². The van der Waals surface area contributed by atoms with E-state index in [1.54, 1.807) is 6.92 Å². The fraction of sp³-hybridized carbons (Fsp3) is 0.0556. The number of amides is 1. The molecule has 0 fully saturated rings. The number of nitrogens with zero attached hydrogens (tertiary/aromatic N) is 3. The first-order valence-electron chi connectivity index (χ1n) is 7.48. The Kier molecular flexibility index (Phi) is 4.47. The smallest absolute Gasteiger partial charge is 0.272 e. The molecular formula is C18H14N4O3. The number of anilines is 1. The first kappa shape index (κ1) is 16.3. The average molecular weight is 334 g/mol. The van der Waals surface area contributed by atoms with E-state index in [4.69, 9.17) is 0 Å². The summed E-state index contributed by atoms with van der Waals surface area (Å²) in [5.41, 5.74) is 2.06. The van der Waals surface area contributed by atoms with Crippen LogP contribution >= 0.6 is 0 Å². The van der Waals surface area contributed by atoms with Gasteiger partial charge in [-0.1, -0.05) is 30.3 Å². The predicted octanol–water partition coefficient (Wildman–Crippen LogP) is 3.61. The largest absolute Gasteiger partial charge is 0.319 e. The molecule has 0 aliphatic heterocycles. The molecule has 124 valence electrons. The van der Waals surface area contributed by atoms with Gasteiger partial charge in [-0.3, -0.25) is 14.9 Å².